The van der Waals surface area contributed by atoms with Crippen molar-refractivity contribution in [2.24, 2.45) is 0 Å². The zero-order valence-corrected chi connectivity index (χ0v) is 15.2. The van der Waals surface area contributed by atoms with Gasteiger partial charge in [0.25, 0.3) is 5.82 Å². The van der Waals surface area contributed by atoms with Gasteiger partial charge in [0.15, 0.2) is 0 Å². The topological polar surface area (TPSA) is 64.8 Å². The molecule has 0 atom stereocenters. The summed E-state index contributed by atoms with van der Waals surface area (Å²) in [5.41, 5.74) is 2.61. The smallest absolute Gasteiger partial charge is 0.220 e. The van der Waals surface area contributed by atoms with Gasteiger partial charge in [0.1, 0.15) is 6.33 Å². The molecule has 5 nitrogen and oxygen atoms in total. The van der Waals surface area contributed by atoms with E-state index < -0.39 is 20.3 Å². The van der Waals surface area contributed by atoms with Crippen LogP contribution in [0.2, 0.25) is 0 Å². The predicted molar refractivity (Wildman–Crippen MR) is 85.8 cm³/mol. The van der Waals surface area contributed by atoms with Crippen LogP contribution in [-0.4, -0.2) is 23.2 Å². The summed E-state index contributed by atoms with van der Waals surface area (Å²) in [6.07, 6.45) is -3.43. The van der Waals surface area contributed by atoms with Crippen molar-refractivity contribution in [2.75, 3.05) is 0 Å². The summed E-state index contributed by atoms with van der Waals surface area (Å²) >= 11 is 0. The largest absolute Gasteiger partial charge is 0.453 e. The molecule has 11 heteroatoms. The molecule has 0 amide bonds. The van der Waals surface area contributed by atoms with Crippen molar-refractivity contribution in [3.8, 4) is 5.69 Å². The summed E-state index contributed by atoms with van der Waals surface area (Å²) in [7, 11) is 4.81. The SMILES string of the molecule is Cc1cc(C(C)C)ccc1-n1cnc(C(F)(F)F)n1.O=S(=O)(Cl)Cl. The molecule has 24 heavy (non-hydrogen) atoms. The Morgan fingerprint density at radius 3 is 2.12 bits per heavy atom. The third-order valence-electron chi connectivity index (χ3n) is 2.88. The number of nitrogens with zero attached hydrogens (tertiary/aromatic N) is 3. The summed E-state index contributed by atoms with van der Waals surface area (Å²) in [4.78, 5) is 3.29. The molecule has 1 heterocycles. The first kappa shape index (κ1) is 20.7. The third kappa shape index (κ3) is 6.66. The van der Waals surface area contributed by atoms with Crippen LogP contribution >= 0.6 is 21.4 Å². The number of benzene rings is 1. The lowest BCUT2D eigenvalue weighted by Crippen LogP contribution is -2.09. The van der Waals surface area contributed by atoms with Gasteiger partial charge in [-0.25, -0.2) is 9.67 Å². The molecular formula is C13H14Cl2F3N3O2S. The number of halogens is 5. The van der Waals surface area contributed by atoms with Gasteiger partial charge in [0.05, 0.1) is 5.69 Å². The summed E-state index contributed by atoms with van der Waals surface area (Å²) < 4.78 is 56.8. The maximum Gasteiger partial charge on any atom is 0.453 e. The highest BCUT2D eigenvalue weighted by Crippen LogP contribution is 2.27. The summed E-state index contributed by atoms with van der Waals surface area (Å²) in [6, 6.07) is 5.61. The fourth-order valence-electron chi connectivity index (χ4n) is 1.80. The maximum absolute atomic E-state index is 12.4. The molecule has 0 radical (unpaired) electrons. The van der Waals surface area contributed by atoms with E-state index in [1.807, 2.05) is 19.1 Å². The molecule has 1 aromatic carbocycles. The van der Waals surface area contributed by atoms with E-state index in [9.17, 15) is 13.2 Å². The van der Waals surface area contributed by atoms with Gasteiger partial charge in [-0.15, -0.1) is 5.10 Å². The van der Waals surface area contributed by atoms with Gasteiger partial charge in [-0.2, -0.15) is 21.6 Å². The van der Waals surface area contributed by atoms with Crippen LogP contribution < -0.4 is 0 Å². The Balaban J connectivity index is 0.000000505. The van der Waals surface area contributed by atoms with Crippen LogP contribution in [0.25, 0.3) is 5.69 Å². The standard InChI is InChI=1S/C13H14F3N3.Cl2O2S/c1-8(2)10-4-5-11(9(3)6-10)19-7-17-12(18-19)13(14,15)16;1-5(2,3)4/h4-8H,1-3H3;. The molecule has 0 spiro atoms. The third-order valence-corrected chi connectivity index (χ3v) is 2.88. The molecule has 0 saturated carbocycles. The Bertz CT molecular complexity index is 797. The van der Waals surface area contributed by atoms with E-state index in [1.54, 1.807) is 6.07 Å². The van der Waals surface area contributed by atoms with Gasteiger partial charge in [-0.3, -0.25) is 0 Å². The zero-order valence-electron chi connectivity index (χ0n) is 12.8. The highest BCUT2D eigenvalue weighted by atomic mass is 36.0. The Morgan fingerprint density at radius 1 is 1.21 bits per heavy atom. The summed E-state index contributed by atoms with van der Waals surface area (Å²) in [5.74, 6) is -0.755. The van der Waals surface area contributed by atoms with E-state index in [2.05, 4.69) is 45.3 Å². The normalized spacial score (nSPS) is 12.0. The number of rotatable bonds is 2. The quantitative estimate of drug-likeness (QED) is 0.695. The number of hydrogen-bond donors (Lipinski definition) is 0. The van der Waals surface area contributed by atoms with Crippen molar-refractivity contribution in [3.63, 3.8) is 0 Å². The predicted octanol–water partition coefficient (Wildman–Crippen LogP) is 4.43. The molecule has 2 aromatic rings. The molecule has 134 valence electrons. The molecule has 0 fully saturated rings. The van der Waals surface area contributed by atoms with Gasteiger partial charge in [-0.05, 0) is 30.0 Å². The van der Waals surface area contributed by atoms with Crippen molar-refractivity contribution in [1.29, 1.82) is 0 Å². The minimum Gasteiger partial charge on any atom is -0.220 e. The first-order valence-electron chi connectivity index (χ1n) is 6.53. The van der Waals surface area contributed by atoms with E-state index in [0.717, 1.165) is 22.1 Å². The molecule has 0 aliphatic rings. The summed E-state index contributed by atoms with van der Waals surface area (Å²) in [6.45, 7) is 5.97. The van der Waals surface area contributed by atoms with E-state index in [-0.39, 0.29) is 0 Å². The first-order chi connectivity index (χ1) is 10.8. The van der Waals surface area contributed by atoms with Gasteiger partial charge < -0.3 is 0 Å². The maximum atomic E-state index is 12.4. The van der Waals surface area contributed by atoms with Crippen LogP contribution in [0.4, 0.5) is 13.2 Å². The number of hydrogen-bond acceptors (Lipinski definition) is 4. The lowest BCUT2D eigenvalue weighted by atomic mass is 10.0. The van der Waals surface area contributed by atoms with Crippen LogP contribution in [-0.2, 0) is 14.4 Å². The van der Waals surface area contributed by atoms with E-state index in [1.165, 1.54) is 0 Å². The van der Waals surface area contributed by atoms with E-state index in [4.69, 9.17) is 8.42 Å². The van der Waals surface area contributed by atoms with E-state index in [0.29, 0.717) is 11.6 Å². The van der Waals surface area contributed by atoms with Gasteiger partial charge in [0.2, 0.25) is 0 Å². The second kappa shape index (κ2) is 7.71. The molecule has 1 aromatic heterocycles. The average Bonchev–Trinajstić information content (AvgIpc) is 2.85. The van der Waals surface area contributed by atoms with Gasteiger partial charge >= 0.3 is 14.4 Å². The number of aromatic nitrogens is 3. The van der Waals surface area contributed by atoms with Crippen LogP contribution in [0.15, 0.2) is 24.5 Å². The Kier molecular flexibility index (Phi) is 6.66. The van der Waals surface area contributed by atoms with Crippen molar-refractivity contribution in [2.45, 2.75) is 32.9 Å². The lowest BCUT2D eigenvalue weighted by molar-refractivity contribution is -0.144. The minimum atomic E-state index is -4.52. The molecular weight excluding hydrogens is 390 g/mol. The van der Waals surface area contributed by atoms with Crippen molar-refractivity contribution in [3.05, 3.63) is 41.5 Å². The highest BCUT2D eigenvalue weighted by molar-refractivity contribution is 8.31. The molecule has 0 aliphatic carbocycles. The second-order valence-corrected chi connectivity index (χ2v) is 8.76. The molecule has 0 unspecified atom stereocenters. The van der Waals surface area contributed by atoms with Crippen molar-refractivity contribution in [1.82, 2.24) is 14.8 Å². The molecule has 0 saturated heterocycles. The van der Waals surface area contributed by atoms with Gasteiger partial charge in [0, 0.05) is 21.4 Å². The second-order valence-electron chi connectivity index (χ2n) is 5.09. The molecule has 0 bridgehead atoms. The average molecular weight is 404 g/mol. The van der Waals surface area contributed by atoms with Crippen molar-refractivity contribution < 1.29 is 21.6 Å². The number of alkyl halides is 3. The molecule has 0 aliphatic heterocycles. The summed E-state index contributed by atoms with van der Waals surface area (Å²) in [5, 5.41) is 3.47. The van der Waals surface area contributed by atoms with Crippen molar-refractivity contribution >= 4 is 29.6 Å². The number of aryl methyl sites for hydroxylation is 1. The Labute approximate surface area is 146 Å². The fraction of sp³-hybridized carbons (Fsp3) is 0.385. The fourth-order valence-corrected chi connectivity index (χ4v) is 1.80. The van der Waals surface area contributed by atoms with E-state index >= 15 is 0 Å². The van der Waals surface area contributed by atoms with Crippen LogP contribution in [0, 0.1) is 6.92 Å². The first-order valence-corrected chi connectivity index (χ1v) is 9.66. The minimum absolute atomic E-state index is 0.370. The van der Waals surface area contributed by atoms with Crippen LogP contribution in [0.3, 0.4) is 0 Å². The van der Waals surface area contributed by atoms with Crippen LogP contribution in [0.1, 0.15) is 36.7 Å². The molecule has 2 rings (SSSR count). The Hall–Kier alpha value is -1.32. The monoisotopic (exact) mass is 403 g/mol. The highest BCUT2D eigenvalue weighted by Gasteiger charge is 2.35. The van der Waals surface area contributed by atoms with Crippen LogP contribution in [0.5, 0.6) is 0 Å². The molecule has 0 N–H and O–H groups in total. The lowest BCUT2D eigenvalue weighted by Gasteiger charge is -2.10. The Morgan fingerprint density at radius 2 is 1.75 bits per heavy atom. The van der Waals surface area contributed by atoms with Gasteiger partial charge in [-0.1, -0.05) is 26.0 Å². The zero-order chi connectivity index (χ0) is 18.7.